The molecule has 1 aliphatic carbocycles. The molecule has 5 rings (SSSR count). The second-order valence-corrected chi connectivity index (χ2v) is 8.93. The highest BCUT2D eigenvalue weighted by atomic mass is 19.1. The molecule has 0 radical (unpaired) electrons. The van der Waals surface area contributed by atoms with Crippen LogP contribution in [0.25, 0.3) is 5.82 Å². The Morgan fingerprint density at radius 3 is 2.66 bits per heavy atom. The van der Waals surface area contributed by atoms with Crippen molar-refractivity contribution in [3.05, 3.63) is 53.9 Å². The van der Waals surface area contributed by atoms with Gasteiger partial charge in [-0.25, -0.2) is 9.37 Å². The molecule has 2 aromatic rings. The minimum absolute atomic E-state index is 0.0175. The van der Waals surface area contributed by atoms with Crippen LogP contribution in [0, 0.1) is 11.2 Å². The summed E-state index contributed by atoms with van der Waals surface area (Å²) in [5.74, 6) is -0.383. The number of hydrogen-bond acceptors (Lipinski definition) is 7. The van der Waals surface area contributed by atoms with Gasteiger partial charge in [-0.1, -0.05) is 12.2 Å². The van der Waals surface area contributed by atoms with E-state index in [2.05, 4.69) is 38.1 Å². The Labute approximate surface area is 185 Å². The van der Waals surface area contributed by atoms with Gasteiger partial charge in [0.2, 0.25) is 5.91 Å². The highest BCUT2D eigenvalue weighted by Gasteiger charge is 2.49. The Morgan fingerprint density at radius 2 is 2.00 bits per heavy atom. The van der Waals surface area contributed by atoms with Gasteiger partial charge in [-0.2, -0.15) is 4.68 Å². The lowest BCUT2D eigenvalue weighted by atomic mass is 9.77. The number of nitrogens with zero attached hydrogens (tertiary/aromatic N) is 7. The van der Waals surface area contributed by atoms with Crippen LogP contribution in [0.3, 0.4) is 0 Å². The van der Waals surface area contributed by atoms with Crippen LogP contribution in [0.1, 0.15) is 43.8 Å². The molecule has 1 spiro atoms. The summed E-state index contributed by atoms with van der Waals surface area (Å²) in [7, 11) is 0. The molecule has 2 aliphatic heterocycles. The van der Waals surface area contributed by atoms with Crippen LogP contribution in [-0.2, 0) is 4.79 Å². The van der Waals surface area contributed by atoms with Crippen LogP contribution in [-0.4, -0.2) is 72.2 Å². The molecular weight excluding hydrogens is 413 g/mol. The maximum absolute atomic E-state index is 14.4. The third kappa shape index (κ3) is 3.73. The number of aromatic nitrogens is 5. The second kappa shape index (κ2) is 8.18. The number of likely N-dealkylation sites (tertiary alicyclic amines) is 2. The molecule has 10 heteroatoms. The van der Waals surface area contributed by atoms with E-state index in [1.807, 2.05) is 4.90 Å². The van der Waals surface area contributed by atoms with Crippen LogP contribution >= 0.6 is 0 Å². The zero-order valence-corrected chi connectivity index (χ0v) is 17.8. The van der Waals surface area contributed by atoms with E-state index in [0.717, 1.165) is 67.7 Å². The Bertz CT molecular complexity index is 1060. The van der Waals surface area contributed by atoms with Gasteiger partial charge in [0.15, 0.2) is 11.6 Å². The van der Waals surface area contributed by atoms with E-state index >= 15 is 0 Å². The predicted octanol–water partition coefficient (Wildman–Crippen LogP) is 1.78. The minimum Gasteiger partial charge on any atom is -0.387 e. The van der Waals surface area contributed by atoms with Gasteiger partial charge in [0.1, 0.15) is 6.33 Å². The fraction of sp³-hybridized carbons (Fsp3) is 0.500. The van der Waals surface area contributed by atoms with E-state index in [9.17, 15) is 14.3 Å². The number of tetrazole rings is 1. The van der Waals surface area contributed by atoms with Crippen molar-refractivity contribution in [2.24, 2.45) is 5.41 Å². The summed E-state index contributed by atoms with van der Waals surface area (Å²) < 4.78 is 15.6. The third-order valence-corrected chi connectivity index (χ3v) is 6.97. The SMILES string of the molecule is C=C1C=C(N2CCC3(CCN(CC(O)c4cnc(-n5cnnn5)c(F)c4)CC3)C2=O)CC1. The summed E-state index contributed by atoms with van der Waals surface area (Å²) in [6.07, 6.45) is 8.13. The Morgan fingerprint density at radius 1 is 1.22 bits per heavy atom. The summed E-state index contributed by atoms with van der Waals surface area (Å²) in [6, 6.07) is 1.27. The zero-order valence-electron chi connectivity index (χ0n) is 17.8. The van der Waals surface area contributed by atoms with Crippen molar-refractivity contribution in [1.29, 1.82) is 0 Å². The van der Waals surface area contributed by atoms with E-state index in [1.165, 1.54) is 18.6 Å². The number of carbonyl (C=O) groups excluding carboxylic acids is 1. The maximum Gasteiger partial charge on any atom is 0.233 e. The summed E-state index contributed by atoms with van der Waals surface area (Å²) in [5.41, 5.74) is 2.30. The number of rotatable bonds is 5. The predicted molar refractivity (Wildman–Crippen MR) is 113 cm³/mol. The Hall–Kier alpha value is -2.98. The number of carbonyl (C=O) groups is 1. The number of piperidine rings is 1. The van der Waals surface area contributed by atoms with Crippen molar-refractivity contribution in [3.63, 3.8) is 0 Å². The molecule has 1 unspecified atom stereocenters. The number of aliphatic hydroxyl groups is 1. The van der Waals surface area contributed by atoms with Crippen molar-refractivity contribution < 1.29 is 14.3 Å². The Kier molecular flexibility index (Phi) is 5.34. The molecule has 0 saturated carbocycles. The molecule has 1 atom stereocenters. The second-order valence-electron chi connectivity index (χ2n) is 8.93. The lowest BCUT2D eigenvalue weighted by Gasteiger charge is -2.38. The molecule has 2 aromatic heterocycles. The number of β-amino-alcohol motifs (C(OH)–C–C–N with tert-alkyl or cyclic N) is 1. The molecule has 2 saturated heterocycles. The third-order valence-electron chi connectivity index (χ3n) is 6.97. The lowest BCUT2D eigenvalue weighted by Crippen LogP contribution is -2.45. The molecule has 2 fully saturated rings. The quantitative estimate of drug-likeness (QED) is 0.758. The summed E-state index contributed by atoms with van der Waals surface area (Å²) in [5, 5.41) is 21.2. The molecule has 1 N–H and O–H groups in total. The minimum atomic E-state index is -0.876. The number of pyridine rings is 1. The average Bonchev–Trinajstić information content (AvgIpc) is 3.52. The van der Waals surface area contributed by atoms with Crippen molar-refractivity contribution in [2.45, 2.75) is 38.2 Å². The van der Waals surface area contributed by atoms with Crippen molar-refractivity contribution in [3.8, 4) is 5.82 Å². The van der Waals surface area contributed by atoms with Gasteiger partial charge in [-0.3, -0.25) is 4.79 Å². The molecular formula is C22H26FN7O2. The van der Waals surface area contributed by atoms with Crippen molar-refractivity contribution in [2.75, 3.05) is 26.2 Å². The van der Waals surface area contributed by atoms with Crippen LogP contribution in [0.5, 0.6) is 0 Å². The monoisotopic (exact) mass is 439 g/mol. The fourth-order valence-corrected chi connectivity index (χ4v) is 5.01. The standard InChI is InChI=1S/C22H26FN7O2/c1-15-2-3-17(10-15)29-9-6-22(21(29)32)4-7-28(8-5-22)13-19(31)16-11-18(23)20(24-12-16)30-14-25-26-27-30/h10-12,14,19,31H,1-9,13H2. The van der Waals surface area contributed by atoms with Gasteiger partial charge in [-0.05, 0) is 67.8 Å². The molecule has 3 aliphatic rings. The van der Waals surface area contributed by atoms with E-state index in [1.54, 1.807) is 0 Å². The summed E-state index contributed by atoms with van der Waals surface area (Å²) in [4.78, 5) is 21.4. The van der Waals surface area contributed by atoms with Gasteiger partial charge in [-0.15, -0.1) is 5.10 Å². The van der Waals surface area contributed by atoms with Crippen molar-refractivity contribution in [1.82, 2.24) is 35.0 Å². The molecule has 32 heavy (non-hydrogen) atoms. The molecule has 168 valence electrons. The first-order chi connectivity index (χ1) is 15.4. The summed E-state index contributed by atoms with van der Waals surface area (Å²) >= 11 is 0. The maximum atomic E-state index is 14.4. The van der Waals surface area contributed by atoms with E-state index in [-0.39, 0.29) is 17.1 Å². The number of amides is 1. The summed E-state index contributed by atoms with van der Waals surface area (Å²) in [6.45, 7) is 6.60. The van der Waals surface area contributed by atoms with Gasteiger partial charge in [0.25, 0.3) is 0 Å². The first-order valence-electron chi connectivity index (χ1n) is 10.9. The lowest BCUT2D eigenvalue weighted by molar-refractivity contribution is -0.137. The number of aliphatic hydroxyl groups excluding tert-OH is 1. The van der Waals surface area contributed by atoms with Crippen LogP contribution in [0.2, 0.25) is 0 Å². The van der Waals surface area contributed by atoms with Crippen LogP contribution in [0.4, 0.5) is 4.39 Å². The number of hydrogen-bond donors (Lipinski definition) is 1. The smallest absolute Gasteiger partial charge is 0.233 e. The first kappa shape index (κ1) is 20.9. The van der Waals surface area contributed by atoms with Crippen molar-refractivity contribution >= 4 is 5.91 Å². The number of allylic oxidation sites excluding steroid dienone is 3. The average molecular weight is 439 g/mol. The Balaban J connectivity index is 1.19. The van der Waals surface area contributed by atoms with Gasteiger partial charge >= 0.3 is 0 Å². The first-order valence-corrected chi connectivity index (χ1v) is 10.9. The number of halogens is 1. The zero-order chi connectivity index (χ0) is 22.3. The normalized spacial score (nSPS) is 22.1. The molecule has 0 aromatic carbocycles. The molecule has 4 heterocycles. The van der Waals surface area contributed by atoms with Gasteiger partial charge < -0.3 is 14.9 Å². The highest BCUT2D eigenvalue weighted by Crippen LogP contribution is 2.44. The highest BCUT2D eigenvalue weighted by molar-refractivity contribution is 5.86. The van der Waals surface area contributed by atoms with E-state index in [4.69, 9.17) is 0 Å². The van der Waals surface area contributed by atoms with E-state index < -0.39 is 11.9 Å². The molecule has 0 bridgehead atoms. The van der Waals surface area contributed by atoms with E-state index in [0.29, 0.717) is 12.1 Å². The molecule has 9 nitrogen and oxygen atoms in total. The molecule has 1 amide bonds. The van der Waals surface area contributed by atoms with Gasteiger partial charge in [0.05, 0.1) is 11.5 Å². The topological polar surface area (TPSA) is 100 Å². The van der Waals surface area contributed by atoms with Crippen LogP contribution < -0.4 is 0 Å². The largest absolute Gasteiger partial charge is 0.387 e. The van der Waals surface area contributed by atoms with Crippen LogP contribution in [0.15, 0.2) is 42.5 Å². The van der Waals surface area contributed by atoms with Gasteiger partial charge in [0, 0.05) is 30.5 Å². The fourth-order valence-electron chi connectivity index (χ4n) is 5.01.